The summed E-state index contributed by atoms with van der Waals surface area (Å²) in [6, 6.07) is 11.0. The third-order valence-corrected chi connectivity index (χ3v) is 6.30. The van der Waals surface area contributed by atoms with Crippen molar-refractivity contribution >= 4 is 29.9 Å². The number of likely N-dealkylation sites (N-methyl/N-ethyl adjacent to an activating group) is 1. The van der Waals surface area contributed by atoms with E-state index in [4.69, 9.17) is 0 Å². The van der Waals surface area contributed by atoms with Gasteiger partial charge in [0.25, 0.3) is 0 Å². The molecule has 0 amide bonds. The van der Waals surface area contributed by atoms with E-state index in [1.54, 1.807) is 0 Å². The van der Waals surface area contributed by atoms with Gasteiger partial charge in [-0.15, -0.1) is 24.0 Å². The summed E-state index contributed by atoms with van der Waals surface area (Å²) in [5, 5.41) is 7.14. The number of halogens is 1. The fourth-order valence-electron chi connectivity index (χ4n) is 4.24. The fraction of sp³-hybridized carbons (Fsp3) is 0.682. The van der Waals surface area contributed by atoms with Gasteiger partial charge in [0, 0.05) is 58.3 Å². The van der Waals surface area contributed by atoms with Crippen LogP contribution in [0.15, 0.2) is 35.3 Å². The number of nitrogens with one attached hydrogen (secondary N) is 2. The van der Waals surface area contributed by atoms with Gasteiger partial charge in [-0.2, -0.15) is 0 Å². The first-order valence-electron chi connectivity index (χ1n) is 10.5. The lowest BCUT2D eigenvalue weighted by molar-refractivity contribution is 0.139. The zero-order valence-electron chi connectivity index (χ0n) is 17.8. The Bertz CT molecular complexity index is 594. The highest BCUT2D eigenvalue weighted by Crippen LogP contribution is 2.43. The molecule has 158 valence electrons. The number of nitrogens with zero attached hydrogens (tertiary/aromatic N) is 3. The van der Waals surface area contributed by atoms with Gasteiger partial charge in [0.15, 0.2) is 5.96 Å². The van der Waals surface area contributed by atoms with E-state index in [1.165, 1.54) is 51.0 Å². The molecule has 1 saturated heterocycles. The molecule has 1 atom stereocenters. The maximum Gasteiger partial charge on any atom is 0.191 e. The number of benzene rings is 1. The predicted molar refractivity (Wildman–Crippen MR) is 130 cm³/mol. The molecule has 28 heavy (non-hydrogen) atoms. The van der Waals surface area contributed by atoms with Crippen LogP contribution in [0.2, 0.25) is 0 Å². The molecule has 1 heterocycles. The maximum atomic E-state index is 4.45. The Labute approximate surface area is 188 Å². The molecule has 2 aliphatic rings. The van der Waals surface area contributed by atoms with Crippen molar-refractivity contribution in [3.63, 3.8) is 0 Å². The van der Waals surface area contributed by atoms with E-state index in [9.17, 15) is 0 Å². The van der Waals surface area contributed by atoms with Crippen LogP contribution >= 0.6 is 24.0 Å². The van der Waals surface area contributed by atoms with Gasteiger partial charge >= 0.3 is 0 Å². The second-order valence-electron chi connectivity index (χ2n) is 8.52. The van der Waals surface area contributed by atoms with E-state index < -0.39 is 0 Å². The normalized spacial score (nSPS) is 21.3. The van der Waals surface area contributed by atoms with Crippen LogP contribution < -0.4 is 10.6 Å². The molecule has 5 nitrogen and oxygen atoms in total. The number of guanidine groups is 1. The molecular formula is C22H38IN5. The van der Waals surface area contributed by atoms with Crippen LogP contribution in [-0.4, -0.2) is 75.7 Å². The van der Waals surface area contributed by atoms with Crippen molar-refractivity contribution in [2.45, 2.75) is 31.6 Å². The van der Waals surface area contributed by atoms with Crippen LogP contribution in [0.3, 0.4) is 0 Å². The number of hydrogen-bond acceptors (Lipinski definition) is 3. The lowest BCUT2D eigenvalue weighted by Crippen LogP contribution is -2.50. The Morgan fingerprint density at radius 2 is 1.79 bits per heavy atom. The van der Waals surface area contributed by atoms with E-state index in [0.717, 1.165) is 25.6 Å². The first-order valence-corrected chi connectivity index (χ1v) is 10.5. The third kappa shape index (κ3) is 6.32. The summed E-state index contributed by atoms with van der Waals surface area (Å²) in [6.07, 6.45) is 3.85. The minimum absolute atomic E-state index is 0. The van der Waals surface area contributed by atoms with Gasteiger partial charge in [-0.1, -0.05) is 43.7 Å². The molecule has 1 aromatic carbocycles. The Balaban J connectivity index is 0.00000280. The lowest BCUT2D eigenvalue weighted by Gasteiger charge is -2.43. The molecule has 0 radical (unpaired) electrons. The Kier molecular flexibility index (Phi) is 9.50. The highest BCUT2D eigenvalue weighted by atomic mass is 127. The first kappa shape index (κ1) is 23.4. The van der Waals surface area contributed by atoms with Gasteiger partial charge in [-0.3, -0.25) is 4.99 Å². The van der Waals surface area contributed by atoms with E-state index in [2.05, 4.69) is 69.7 Å². The molecule has 1 aliphatic heterocycles. The maximum absolute atomic E-state index is 4.45. The number of hydrogen-bond donors (Lipinski definition) is 2. The quantitative estimate of drug-likeness (QED) is 0.344. The number of piperazine rings is 1. The largest absolute Gasteiger partial charge is 0.356 e. The van der Waals surface area contributed by atoms with Gasteiger partial charge in [0.2, 0.25) is 0 Å². The molecule has 0 bridgehead atoms. The molecule has 3 rings (SSSR count). The molecule has 1 aliphatic carbocycles. The lowest BCUT2D eigenvalue weighted by atomic mass is 9.64. The molecule has 2 N–H and O–H groups in total. The van der Waals surface area contributed by atoms with E-state index in [0.29, 0.717) is 5.92 Å². The van der Waals surface area contributed by atoms with Crippen molar-refractivity contribution in [2.24, 2.45) is 10.9 Å². The zero-order valence-corrected chi connectivity index (χ0v) is 20.1. The summed E-state index contributed by atoms with van der Waals surface area (Å²) in [6.45, 7) is 10.2. The van der Waals surface area contributed by atoms with E-state index in [1.807, 2.05) is 7.05 Å². The van der Waals surface area contributed by atoms with Crippen LogP contribution in [0, 0.1) is 5.92 Å². The number of rotatable bonds is 7. The highest BCUT2D eigenvalue weighted by molar-refractivity contribution is 14.0. The summed E-state index contributed by atoms with van der Waals surface area (Å²) in [5.74, 6) is 1.54. The van der Waals surface area contributed by atoms with Crippen molar-refractivity contribution in [1.82, 2.24) is 20.4 Å². The Morgan fingerprint density at radius 3 is 2.36 bits per heavy atom. The van der Waals surface area contributed by atoms with Crippen molar-refractivity contribution < 1.29 is 0 Å². The minimum Gasteiger partial charge on any atom is -0.356 e. The molecule has 1 unspecified atom stereocenters. The molecule has 6 heteroatoms. The Morgan fingerprint density at radius 1 is 1.11 bits per heavy atom. The highest BCUT2D eigenvalue weighted by Gasteiger charge is 2.38. The molecule has 2 fully saturated rings. The second kappa shape index (κ2) is 11.4. The van der Waals surface area contributed by atoms with Gasteiger partial charge in [-0.05, 0) is 31.4 Å². The second-order valence-corrected chi connectivity index (χ2v) is 8.52. The van der Waals surface area contributed by atoms with Crippen molar-refractivity contribution in [3.05, 3.63) is 35.9 Å². The summed E-state index contributed by atoms with van der Waals surface area (Å²) in [5.41, 5.74) is 1.74. The monoisotopic (exact) mass is 499 g/mol. The standard InChI is InChI=1S/C22H37N5.HI/c1-19(17-27-14-12-26(3)13-15-27)16-24-21(23-2)25-18-22(10-7-11-22)20-8-5-4-6-9-20;/h4-6,8-9,19H,7,10-18H2,1-3H3,(H2,23,24,25);1H. The van der Waals surface area contributed by atoms with Crippen LogP contribution in [0.1, 0.15) is 31.7 Å². The van der Waals surface area contributed by atoms with Crippen LogP contribution in [-0.2, 0) is 5.41 Å². The number of aliphatic imine (C=N–C) groups is 1. The molecule has 1 aromatic rings. The average molecular weight is 499 g/mol. The molecule has 1 saturated carbocycles. The summed E-state index contributed by atoms with van der Waals surface area (Å²) < 4.78 is 0. The summed E-state index contributed by atoms with van der Waals surface area (Å²) in [4.78, 5) is 9.44. The van der Waals surface area contributed by atoms with Crippen molar-refractivity contribution in [3.8, 4) is 0 Å². The smallest absolute Gasteiger partial charge is 0.191 e. The minimum atomic E-state index is 0. The zero-order chi connectivity index (χ0) is 19.1. The fourth-order valence-corrected chi connectivity index (χ4v) is 4.24. The van der Waals surface area contributed by atoms with Crippen molar-refractivity contribution in [1.29, 1.82) is 0 Å². The SMILES string of the molecule is CN=C(NCC(C)CN1CCN(C)CC1)NCC1(c2ccccc2)CCC1.I. The van der Waals surface area contributed by atoms with Gasteiger partial charge in [0.1, 0.15) is 0 Å². The van der Waals surface area contributed by atoms with E-state index in [-0.39, 0.29) is 29.4 Å². The van der Waals surface area contributed by atoms with E-state index >= 15 is 0 Å². The molecular weight excluding hydrogens is 461 g/mol. The first-order chi connectivity index (χ1) is 13.1. The van der Waals surface area contributed by atoms with Gasteiger partial charge in [0.05, 0.1) is 0 Å². The summed E-state index contributed by atoms with van der Waals surface area (Å²) in [7, 11) is 4.08. The average Bonchev–Trinajstić information content (AvgIpc) is 2.66. The summed E-state index contributed by atoms with van der Waals surface area (Å²) >= 11 is 0. The Hall–Kier alpha value is -0.860. The van der Waals surface area contributed by atoms with Crippen LogP contribution in [0.4, 0.5) is 0 Å². The predicted octanol–water partition coefficient (Wildman–Crippen LogP) is 2.77. The van der Waals surface area contributed by atoms with Crippen molar-refractivity contribution in [2.75, 3.05) is 59.9 Å². The topological polar surface area (TPSA) is 42.9 Å². The van der Waals surface area contributed by atoms with Crippen LogP contribution in [0.25, 0.3) is 0 Å². The van der Waals surface area contributed by atoms with Crippen LogP contribution in [0.5, 0.6) is 0 Å². The van der Waals surface area contributed by atoms with Gasteiger partial charge < -0.3 is 20.4 Å². The molecule has 0 aromatic heterocycles. The molecule has 0 spiro atoms. The third-order valence-electron chi connectivity index (χ3n) is 6.30. The van der Waals surface area contributed by atoms with Gasteiger partial charge in [-0.25, -0.2) is 0 Å².